The molecule has 0 aliphatic heterocycles. The molecule has 88 valence electrons. The Morgan fingerprint density at radius 2 is 2.00 bits per heavy atom. The first-order chi connectivity index (χ1) is 7.47. The molecule has 0 amide bonds. The highest BCUT2D eigenvalue weighted by Crippen LogP contribution is 2.25. The molecular formula is C9H9F3N2O2. The number of aromatic nitrogens is 2. The van der Waals surface area contributed by atoms with Crippen LogP contribution in [-0.4, -0.2) is 22.5 Å². The summed E-state index contributed by atoms with van der Waals surface area (Å²) in [5.41, 5.74) is 1.05. The SMILES string of the molecule is O=C(OC(F)(F)F)c1n[nH]c2c1CCCC2. The zero-order chi connectivity index (χ0) is 11.8. The summed E-state index contributed by atoms with van der Waals surface area (Å²) in [6.07, 6.45) is -1.89. The molecular weight excluding hydrogens is 225 g/mol. The molecule has 0 saturated carbocycles. The topological polar surface area (TPSA) is 55.0 Å². The summed E-state index contributed by atoms with van der Waals surface area (Å²) in [6.45, 7) is 0. The third kappa shape index (κ3) is 2.17. The van der Waals surface area contributed by atoms with Gasteiger partial charge in [-0.25, -0.2) is 4.79 Å². The molecule has 1 aromatic rings. The molecule has 1 aromatic heterocycles. The number of halogens is 3. The van der Waals surface area contributed by atoms with Crippen LogP contribution in [0.2, 0.25) is 0 Å². The van der Waals surface area contributed by atoms with Gasteiger partial charge in [-0.3, -0.25) is 5.10 Å². The molecule has 0 fully saturated rings. The molecule has 0 aromatic carbocycles. The first kappa shape index (κ1) is 11.0. The van der Waals surface area contributed by atoms with Gasteiger partial charge in [-0.15, -0.1) is 13.2 Å². The molecule has 1 aliphatic carbocycles. The summed E-state index contributed by atoms with van der Waals surface area (Å²) in [5.74, 6) is -1.44. The van der Waals surface area contributed by atoms with Gasteiger partial charge in [-0.1, -0.05) is 0 Å². The molecule has 0 unspecified atom stereocenters. The number of carbonyl (C=O) groups excluding carboxylic acids is 1. The van der Waals surface area contributed by atoms with Crippen LogP contribution < -0.4 is 0 Å². The summed E-state index contributed by atoms with van der Waals surface area (Å²) in [5, 5.41) is 6.16. The number of H-pyrrole nitrogens is 1. The second kappa shape index (κ2) is 3.80. The number of fused-ring (bicyclic) bond motifs is 1. The number of alkyl halides is 3. The number of aryl methyl sites for hydroxylation is 1. The molecule has 0 bridgehead atoms. The average molecular weight is 234 g/mol. The molecule has 2 rings (SSSR count). The van der Waals surface area contributed by atoms with Gasteiger partial charge in [-0.05, 0) is 25.7 Å². The Morgan fingerprint density at radius 1 is 1.31 bits per heavy atom. The third-order valence-electron chi connectivity index (χ3n) is 2.46. The van der Waals surface area contributed by atoms with E-state index in [1.807, 2.05) is 0 Å². The lowest BCUT2D eigenvalue weighted by molar-refractivity contribution is -0.292. The molecule has 0 atom stereocenters. The minimum Gasteiger partial charge on any atom is -0.368 e. The fourth-order valence-electron chi connectivity index (χ4n) is 1.80. The third-order valence-corrected chi connectivity index (χ3v) is 2.46. The lowest BCUT2D eigenvalue weighted by Crippen LogP contribution is -2.21. The number of carbonyl (C=O) groups is 1. The lowest BCUT2D eigenvalue weighted by Gasteiger charge is -2.11. The van der Waals surface area contributed by atoms with Gasteiger partial charge in [0, 0.05) is 11.3 Å². The molecule has 16 heavy (non-hydrogen) atoms. The molecule has 1 heterocycles. The van der Waals surface area contributed by atoms with Crippen LogP contribution in [0.4, 0.5) is 13.2 Å². The zero-order valence-corrected chi connectivity index (χ0v) is 8.23. The van der Waals surface area contributed by atoms with Gasteiger partial charge in [0.15, 0.2) is 5.69 Å². The standard InChI is InChI=1S/C9H9F3N2O2/c10-9(11,12)16-8(15)7-5-3-1-2-4-6(5)13-14-7/h1-4H2,(H,13,14). The molecule has 0 radical (unpaired) electrons. The second-order valence-electron chi connectivity index (χ2n) is 3.57. The Balaban J connectivity index is 2.21. The molecule has 0 spiro atoms. The summed E-state index contributed by atoms with van der Waals surface area (Å²) in [6, 6.07) is 0. The van der Waals surface area contributed by atoms with Gasteiger partial charge in [0.05, 0.1) is 0 Å². The van der Waals surface area contributed by atoms with Crippen molar-refractivity contribution in [2.75, 3.05) is 0 Å². The summed E-state index contributed by atoms with van der Waals surface area (Å²) in [7, 11) is 0. The molecule has 1 aliphatic rings. The fourth-order valence-corrected chi connectivity index (χ4v) is 1.80. The zero-order valence-electron chi connectivity index (χ0n) is 8.23. The van der Waals surface area contributed by atoms with E-state index in [9.17, 15) is 18.0 Å². The van der Waals surface area contributed by atoms with Gasteiger partial charge in [0.2, 0.25) is 0 Å². The molecule has 7 heteroatoms. The van der Waals surface area contributed by atoms with E-state index in [-0.39, 0.29) is 5.69 Å². The van der Waals surface area contributed by atoms with Crippen LogP contribution in [0.5, 0.6) is 0 Å². The van der Waals surface area contributed by atoms with Crippen molar-refractivity contribution in [1.82, 2.24) is 10.2 Å². The van der Waals surface area contributed by atoms with E-state index in [0.717, 1.165) is 18.5 Å². The van der Waals surface area contributed by atoms with Gasteiger partial charge in [-0.2, -0.15) is 5.10 Å². The Kier molecular flexibility index (Phi) is 2.61. The summed E-state index contributed by atoms with van der Waals surface area (Å²) >= 11 is 0. The lowest BCUT2D eigenvalue weighted by atomic mass is 9.96. The second-order valence-corrected chi connectivity index (χ2v) is 3.57. The van der Waals surface area contributed by atoms with Crippen molar-refractivity contribution in [3.63, 3.8) is 0 Å². The predicted molar refractivity (Wildman–Crippen MR) is 46.7 cm³/mol. The largest absolute Gasteiger partial charge is 0.575 e. The molecule has 0 saturated heterocycles. The van der Waals surface area contributed by atoms with Gasteiger partial charge >= 0.3 is 12.3 Å². The van der Waals surface area contributed by atoms with Crippen molar-refractivity contribution < 1.29 is 22.7 Å². The maximum atomic E-state index is 11.8. The van der Waals surface area contributed by atoms with Crippen LogP contribution in [-0.2, 0) is 17.6 Å². The average Bonchev–Trinajstić information content (AvgIpc) is 2.58. The van der Waals surface area contributed by atoms with Crippen LogP contribution in [0.3, 0.4) is 0 Å². The normalized spacial score (nSPS) is 15.7. The first-order valence-electron chi connectivity index (χ1n) is 4.83. The summed E-state index contributed by atoms with van der Waals surface area (Å²) in [4.78, 5) is 11.2. The van der Waals surface area contributed by atoms with Crippen molar-refractivity contribution in [3.05, 3.63) is 17.0 Å². The minimum absolute atomic E-state index is 0.243. The number of nitrogens with zero attached hydrogens (tertiary/aromatic N) is 1. The van der Waals surface area contributed by atoms with Crippen LogP contribution >= 0.6 is 0 Å². The Bertz CT molecular complexity index is 411. The highest BCUT2D eigenvalue weighted by Gasteiger charge is 2.36. The first-order valence-corrected chi connectivity index (χ1v) is 4.83. The number of hydrogen-bond donors (Lipinski definition) is 1. The van der Waals surface area contributed by atoms with E-state index in [2.05, 4.69) is 14.9 Å². The van der Waals surface area contributed by atoms with Crippen molar-refractivity contribution >= 4 is 5.97 Å². The van der Waals surface area contributed by atoms with Crippen molar-refractivity contribution in [3.8, 4) is 0 Å². The van der Waals surface area contributed by atoms with Crippen LogP contribution in [0, 0.1) is 0 Å². The number of hydrogen-bond acceptors (Lipinski definition) is 3. The Hall–Kier alpha value is -1.53. The van der Waals surface area contributed by atoms with Crippen LogP contribution in [0.1, 0.15) is 34.6 Å². The van der Waals surface area contributed by atoms with E-state index in [1.165, 1.54) is 0 Å². The molecule has 1 N–H and O–H groups in total. The van der Waals surface area contributed by atoms with Crippen LogP contribution in [0.15, 0.2) is 0 Å². The van der Waals surface area contributed by atoms with Gasteiger partial charge < -0.3 is 4.74 Å². The Morgan fingerprint density at radius 3 is 2.69 bits per heavy atom. The van der Waals surface area contributed by atoms with E-state index in [4.69, 9.17) is 0 Å². The number of esters is 1. The van der Waals surface area contributed by atoms with Gasteiger partial charge in [0.1, 0.15) is 0 Å². The highest BCUT2D eigenvalue weighted by atomic mass is 19.4. The van der Waals surface area contributed by atoms with Crippen molar-refractivity contribution in [2.24, 2.45) is 0 Å². The van der Waals surface area contributed by atoms with Crippen molar-refractivity contribution in [1.29, 1.82) is 0 Å². The van der Waals surface area contributed by atoms with E-state index < -0.39 is 12.3 Å². The quantitative estimate of drug-likeness (QED) is 0.756. The van der Waals surface area contributed by atoms with Gasteiger partial charge in [0.25, 0.3) is 0 Å². The fraction of sp³-hybridized carbons (Fsp3) is 0.556. The number of aromatic amines is 1. The smallest absolute Gasteiger partial charge is 0.368 e. The van der Waals surface area contributed by atoms with Crippen LogP contribution in [0.25, 0.3) is 0 Å². The number of rotatable bonds is 1. The summed E-state index contributed by atoms with van der Waals surface area (Å²) < 4.78 is 38.9. The monoisotopic (exact) mass is 234 g/mol. The Labute approximate surface area is 88.8 Å². The maximum absolute atomic E-state index is 11.8. The van der Waals surface area contributed by atoms with E-state index in [1.54, 1.807) is 0 Å². The minimum atomic E-state index is -4.96. The van der Waals surface area contributed by atoms with E-state index in [0.29, 0.717) is 18.4 Å². The predicted octanol–water partition coefficient (Wildman–Crippen LogP) is 1.97. The van der Waals surface area contributed by atoms with E-state index >= 15 is 0 Å². The highest BCUT2D eigenvalue weighted by molar-refractivity contribution is 5.89. The van der Waals surface area contributed by atoms with Crippen molar-refractivity contribution in [2.45, 2.75) is 32.0 Å². The number of ether oxygens (including phenoxy) is 1. The molecule has 4 nitrogen and oxygen atoms in total. The maximum Gasteiger partial charge on any atom is 0.575 e. The number of nitrogens with one attached hydrogen (secondary N) is 1.